The number of primary amides is 1. The van der Waals surface area contributed by atoms with Crippen molar-refractivity contribution in [2.24, 2.45) is 5.73 Å². The summed E-state index contributed by atoms with van der Waals surface area (Å²) in [4.78, 5) is 20.1. The fourth-order valence-corrected chi connectivity index (χ4v) is 0.336. The van der Waals surface area contributed by atoms with E-state index in [4.69, 9.17) is 5.11 Å². The van der Waals surface area contributed by atoms with E-state index in [1.54, 1.807) is 0 Å². The maximum absolute atomic E-state index is 10.1. The molecule has 5 heteroatoms. The highest BCUT2D eigenvalue weighted by molar-refractivity contribution is 5.85. The Bertz CT molecular complexity index is 197. The van der Waals surface area contributed by atoms with Crippen LogP contribution in [0.2, 0.25) is 0 Å². The lowest BCUT2D eigenvalue weighted by Gasteiger charge is -1.95. The van der Waals surface area contributed by atoms with Crippen LogP contribution in [-0.2, 0) is 9.53 Å². The Hall–Kier alpha value is -1.52. The van der Waals surface area contributed by atoms with Crippen molar-refractivity contribution in [1.82, 2.24) is 0 Å². The van der Waals surface area contributed by atoms with Gasteiger partial charge in [0.25, 0.3) is 0 Å². The third-order valence-corrected chi connectivity index (χ3v) is 0.952. The molecule has 0 heterocycles. The van der Waals surface area contributed by atoms with Crippen LogP contribution in [0.5, 0.6) is 0 Å². The Balaban J connectivity index is 3.74. The summed E-state index contributed by atoms with van der Waals surface area (Å²) in [7, 11) is 0. The van der Waals surface area contributed by atoms with E-state index in [2.05, 4.69) is 10.5 Å². The van der Waals surface area contributed by atoms with Crippen molar-refractivity contribution in [2.45, 2.75) is 6.92 Å². The molecule has 0 saturated heterocycles. The maximum atomic E-state index is 10.1. The molecule has 0 atom stereocenters. The van der Waals surface area contributed by atoms with Gasteiger partial charge in [-0.15, -0.1) is 0 Å². The SMILES string of the molecule is CC(=CCOC(N)=O)C(=O)O. The zero-order valence-corrected chi connectivity index (χ0v) is 6.03. The van der Waals surface area contributed by atoms with Crippen LogP contribution in [-0.4, -0.2) is 23.8 Å². The van der Waals surface area contributed by atoms with E-state index >= 15 is 0 Å². The average Bonchev–Trinajstić information content (AvgIpc) is 1.86. The van der Waals surface area contributed by atoms with E-state index in [0.29, 0.717) is 0 Å². The summed E-state index contributed by atoms with van der Waals surface area (Å²) in [6, 6.07) is 0. The zero-order valence-electron chi connectivity index (χ0n) is 6.03. The molecule has 0 saturated carbocycles. The smallest absolute Gasteiger partial charge is 0.404 e. The lowest BCUT2D eigenvalue weighted by molar-refractivity contribution is -0.132. The number of amides is 1. The summed E-state index contributed by atoms with van der Waals surface area (Å²) < 4.78 is 4.26. The van der Waals surface area contributed by atoms with Crippen LogP contribution in [0.25, 0.3) is 0 Å². The normalized spacial score (nSPS) is 10.8. The van der Waals surface area contributed by atoms with Gasteiger partial charge in [-0.3, -0.25) is 0 Å². The first-order valence-corrected chi connectivity index (χ1v) is 2.86. The second kappa shape index (κ2) is 4.32. The fraction of sp³-hybridized carbons (Fsp3) is 0.333. The number of nitrogens with two attached hydrogens (primary N) is 1. The molecule has 0 fully saturated rings. The predicted octanol–water partition coefficient (Wildman–Crippen LogP) is 0.113. The number of aliphatic carboxylic acids is 1. The van der Waals surface area contributed by atoms with Gasteiger partial charge in [-0.05, 0) is 13.0 Å². The highest BCUT2D eigenvalue weighted by Gasteiger charge is 1.98. The number of ether oxygens (including phenoxy) is 1. The number of rotatable bonds is 3. The van der Waals surface area contributed by atoms with Crippen molar-refractivity contribution in [3.05, 3.63) is 11.6 Å². The minimum Gasteiger partial charge on any atom is -0.478 e. The molecule has 0 unspecified atom stereocenters. The molecule has 0 aromatic carbocycles. The molecule has 0 aliphatic rings. The summed E-state index contributed by atoms with van der Waals surface area (Å²) in [5, 5.41) is 8.31. The van der Waals surface area contributed by atoms with Gasteiger partial charge in [0.1, 0.15) is 6.61 Å². The molecule has 62 valence electrons. The van der Waals surface area contributed by atoms with Crippen LogP contribution < -0.4 is 5.73 Å². The van der Waals surface area contributed by atoms with Crippen LogP contribution in [0.1, 0.15) is 6.92 Å². The minimum atomic E-state index is -1.04. The highest BCUT2D eigenvalue weighted by Crippen LogP contribution is 1.91. The quantitative estimate of drug-likeness (QED) is 0.572. The van der Waals surface area contributed by atoms with Gasteiger partial charge in [-0.25, -0.2) is 9.59 Å². The molecule has 0 radical (unpaired) electrons. The third-order valence-electron chi connectivity index (χ3n) is 0.952. The first-order valence-electron chi connectivity index (χ1n) is 2.86. The van der Waals surface area contributed by atoms with Crippen LogP contribution in [0.15, 0.2) is 11.6 Å². The van der Waals surface area contributed by atoms with Gasteiger partial charge in [-0.2, -0.15) is 0 Å². The monoisotopic (exact) mass is 159 g/mol. The highest BCUT2D eigenvalue weighted by atomic mass is 16.5. The number of hydrogen-bond donors (Lipinski definition) is 2. The van der Waals surface area contributed by atoms with Crippen LogP contribution in [0, 0.1) is 0 Å². The van der Waals surface area contributed by atoms with Crippen molar-refractivity contribution in [3.63, 3.8) is 0 Å². The van der Waals surface area contributed by atoms with Gasteiger partial charge in [0, 0.05) is 5.57 Å². The van der Waals surface area contributed by atoms with Crippen molar-refractivity contribution >= 4 is 12.1 Å². The van der Waals surface area contributed by atoms with Crippen LogP contribution in [0.4, 0.5) is 4.79 Å². The third kappa shape index (κ3) is 4.95. The van der Waals surface area contributed by atoms with E-state index < -0.39 is 12.1 Å². The standard InChI is InChI=1S/C6H9NO4/c1-4(5(8)9)2-3-11-6(7)10/h2H,3H2,1H3,(H2,7,10)(H,8,9). The molecule has 3 N–H and O–H groups in total. The number of carboxylic acid groups (broad SMARTS) is 1. The summed E-state index contributed by atoms with van der Waals surface area (Å²) in [6.07, 6.45) is 0.340. The lowest BCUT2D eigenvalue weighted by Crippen LogP contribution is -2.13. The van der Waals surface area contributed by atoms with Gasteiger partial charge in [0.15, 0.2) is 0 Å². The minimum absolute atomic E-state index is 0.104. The number of hydrogen-bond acceptors (Lipinski definition) is 3. The number of carbonyl (C=O) groups excluding carboxylic acids is 1. The number of carbonyl (C=O) groups is 2. The molecule has 0 aromatic heterocycles. The second-order valence-electron chi connectivity index (χ2n) is 1.82. The molecule has 1 amide bonds. The number of carboxylic acids is 1. The van der Waals surface area contributed by atoms with Gasteiger partial charge < -0.3 is 15.6 Å². The van der Waals surface area contributed by atoms with E-state index in [1.165, 1.54) is 13.0 Å². The van der Waals surface area contributed by atoms with Gasteiger partial charge >= 0.3 is 12.1 Å². The first-order chi connectivity index (χ1) is 5.04. The Labute approximate surface area is 63.4 Å². The van der Waals surface area contributed by atoms with Crippen molar-refractivity contribution in [2.75, 3.05) is 6.61 Å². The van der Waals surface area contributed by atoms with Crippen LogP contribution >= 0.6 is 0 Å². The Morgan fingerprint density at radius 2 is 2.18 bits per heavy atom. The Kier molecular flexibility index (Phi) is 3.72. The topological polar surface area (TPSA) is 89.6 Å². The summed E-state index contributed by atoms with van der Waals surface area (Å²) in [6.45, 7) is 1.29. The molecule has 11 heavy (non-hydrogen) atoms. The largest absolute Gasteiger partial charge is 0.478 e. The predicted molar refractivity (Wildman–Crippen MR) is 36.9 cm³/mol. The van der Waals surface area contributed by atoms with E-state index in [9.17, 15) is 9.59 Å². The van der Waals surface area contributed by atoms with Gasteiger partial charge in [0.05, 0.1) is 0 Å². The molecule has 5 nitrogen and oxygen atoms in total. The molecule has 0 bridgehead atoms. The average molecular weight is 159 g/mol. The van der Waals surface area contributed by atoms with Crippen molar-refractivity contribution < 1.29 is 19.4 Å². The van der Waals surface area contributed by atoms with Crippen LogP contribution in [0.3, 0.4) is 0 Å². The van der Waals surface area contributed by atoms with E-state index in [1.807, 2.05) is 0 Å². The molecular weight excluding hydrogens is 150 g/mol. The molecule has 0 aliphatic carbocycles. The molecular formula is C6H9NO4. The lowest BCUT2D eigenvalue weighted by atomic mass is 10.3. The van der Waals surface area contributed by atoms with E-state index in [0.717, 1.165) is 0 Å². The van der Waals surface area contributed by atoms with Gasteiger partial charge in [0.2, 0.25) is 0 Å². The summed E-state index contributed by atoms with van der Waals surface area (Å²) in [5.41, 5.74) is 4.73. The van der Waals surface area contributed by atoms with E-state index in [-0.39, 0.29) is 12.2 Å². The second-order valence-corrected chi connectivity index (χ2v) is 1.82. The van der Waals surface area contributed by atoms with Gasteiger partial charge in [-0.1, -0.05) is 0 Å². The molecule has 0 aromatic rings. The van der Waals surface area contributed by atoms with Crippen molar-refractivity contribution in [1.29, 1.82) is 0 Å². The maximum Gasteiger partial charge on any atom is 0.404 e. The first kappa shape index (κ1) is 9.48. The molecule has 0 aliphatic heterocycles. The molecule has 0 rings (SSSR count). The Morgan fingerprint density at radius 1 is 1.64 bits per heavy atom. The summed E-state index contributed by atoms with van der Waals surface area (Å²) in [5.74, 6) is -1.04. The Morgan fingerprint density at radius 3 is 2.55 bits per heavy atom. The zero-order chi connectivity index (χ0) is 8.85. The van der Waals surface area contributed by atoms with Crippen molar-refractivity contribution in [3.8, 4) is 0 Å². The fourth-order valence-electron chi connectivity index (χ4n) is 0.336. The summed E-state index contributed by atoms with van der Waals surface area (Å²) >= 11 is 0. The molecule has 0 spiro atoms.